The highest BCUT2D eigenvalue weighted by atomic mass is 16.1. The number of nitrogens with zero attached hydrogens (tertiary/aromatic N) is 1. The first-order valence-electron chi connectivity index (χ1n) is 7.92. The number of fused-ring (bicyclic) bond motifs is 1. The summed E-state index contributed by atoms with van der Waals surface area (Å²) in [5, 5.41) is 3.84. The van der Waals surface area contributed by atoms with Crippen molar-refractivity contribution in [2.24, 2.45) is 7.05 Å². The van der Waals surface area contributed by atoms with Gasteiger partial charge >= 0.3 is 0 Å². The number of carbonyl (C=O) groups excluding carboxylic acids is 1. The third-order valence-electron chi connectivity index (χ3n) is 4.34. The molecule has 1 heterocycles. The third kappa shape index (κ3) is 2.74. The predicted molar refractivity (Wildman–Crippen MR) is 95.8 cm³/mol. The van der Waals surface area contributed by atoms with Crippen LogP contribution in [-0.4, -0.2) is 17.5 Å². The van der Waals surface area contributed by atoms with Gasteiger partial charge in [0.15, 0.2) is 0 Å². The van der Waals surface area contributed by atoms with Gasteiger partial charge in [0.25, 0.3) is 5.91 Å². The lowest BCUT2D eigenvalue weighted by molar-refractivity contribution is 0.0963. The molecule has 0 spiro atoms. The molecule has 1 amide bonds. The molecular weight excluding hydrogens is 284 g/mol. The Balaban J connectivity index is 2.16. The molecule has 3 rings (SSSR count). The Bertz CT molecular complexity index is 874. The van der Waals surface area contributed by atoms with E-state index < -0.39 is 0 Å². The zero-order valence-electron chi connectivity index (χ0n) is 14.1. The molecule has 0 fully saturated rings. The minimum absolute atomic E-state index is 0.0588. The van der Waals surface area contributed by atoms with Gasteiger partial charge in [0.05, 0.1) is 0 Å². The molecule has 1 N–H and O–H groups in total. The van der Waals surface area contributed by atoms with Crippen molar-refractivity contribution in [1.82, 2.24) is 9.88 Å². The third-order valence-corrected chi connectivity index (χ3v) is 4.34. The van der Waals surface area contributed by atoms with E-state index in [2.05, 4.69) is 54.2 Å². The number of aromatic nitrogens is 1. The Hall–Kier alpha value is -2.55. The quantitative estimate of drug-likeness (QED) is 0.768. The first-order valence-corrected chi connectivity index (χ1v) is 7.92. The molecule has 3 heteroatoms. The average molecular weight is 306 g/mol. The van der Waals surface area contributed by atoms with Crippen molar-refractivity contribution in [3.8, 4) is 11.1 Å². The van der Waals surface area contributed by atoms with Crippen LogP contribution in [0.1, 0.15) is 35.7 Å². The molecule has 1 aromatic heterocycles. The maximum Gasteiger partial charge on any atom is 0.251 e. The van der Waals surface area contributed by atoms with Crippen molar-refractivity contribution in [3.63, 3.8) is 0 Å². The lowest BCUT2D eigenvalue weighted by Gasteiger charge is -2.08. The standard InChI is InChI=1S/C20H22N2O/c1-13(2)14-6-5-7-15(10-14)18-12-22(4)19-11-16(20(23)21-3)8-9-17(18)19/h5-13H,1-4H3,(H,21,23). The summed E-state index contributed by atoms with van der Waals surface area (Å²) in [6, 6.07) is 14.6. The van der Waals surface area contributed by atoms with E-state index >= 15 is 0 Å². The van der Waals surface area contributed by atoms with Crippen LogP contribution in [0.5, 0.6) is 0 Å². The van der Waals surface area contributed by atoms with Gasteiger partial charge in [0.2, 0.25) is 0 Å². The minimum atomic E-state index is -0.0588. The van der Waals surface area contributed by atoms with E-state index in [0.717, 1.165) is 5.52 Å². The van der Waals surface area contributed by atoms with Crippen molar-refractivity contribution >= 4 is 16.8 Å². The topological polar surface area (TPSA) is 34.0 Å². The van der Waals surface area contributed by atoms with Gasteiger partial charge in [-0.3, -0.25) is 4.79 Å². The Kier molecular flexibility index (Phi) is 3.95. The van der Waals surface area contributed by atoms with E-state index in [-0.39, 0.29) is 5.91 Å². The summed E-state index contributed by atoms with van der Waals surface area (Å²) in [6.45, 7) is 4.41. The fraction of sp³-hybridized carbons (Fsp3) is 0.250. The van der Waals surface area contributed by atoms with Gasteiger partial charge < -0.3 is 9.88 Å². The number of benzene rings is 2. The molecule has 0 atom stereocenters. The molecule has 0 aliphatic heterocycles. The summed E-state index contributed by atoms with van der Waals surface area (Å²) < 4.78 is 2.08. The SMILES string of the molecule is CNC(=O)c1ccc2c(-c3cccc(C(C)C)c3)cn(C)c2c1. The van der Waals surface area contributed by atoms with Gasteiger partial charge in [0, 0.05) is 42.3 Å². The normalized spacial score (nSPS) is 11.2. The monoisotopic (exact) mass is 306 g/mol. The zero-order valence-corrected chi connectivity index (χ0v) is 14.1. The van der Waals surface area contributed by atoms with Crippen LogP contribution in [0.3, 0.4) is 0 Å². The second-order valence-corrected chi connectivity index (χ2v) is 6.24. The first kappa shape index (κ1) is 15.3. The molecule has 0 saturated heterocycles. The molecule has 0 radical (unpaired) electrons. The Morgan fingerprint density at radius 1 is 1.13 bits per heavy atom. The lowest BCUT2D eigenvalue weighted by atomic mass is 9.97. The van der Waals surface area contributed by atoms with Gasteiger partial charge in [-0.2, -0.15) is 0 Å². The highest BCUT2D eigenvalue weighted by Gasteiger charge is 2.12. The molecule has 3 aromatic rings. The van der Waals surface area contributed by atoms with Crippen LogP contribution in [0.2, 0.25) is 0 Å². The smallest absolute Gasteiger partial charge is 0.251 e. The van der Waals surface area contributed by atoms with E-state index in [9.17, 15) is 4.79 Å². The molecule has 2 aromatic carbocycles. The first-order chi connectivity index (χ1) is 11.0. The van der Waals surface area contributed by atoms with Crippen LogP contribution in [0.4, 0.5) is 0 Å². The number of amides is 1. The van der Waals surface area contributed by atoms with E-state index in [1.165, 1.54) is 22.1 Å². The Morgan fingerprint density at radius 3 is 2.61 bits per heavy atom. The second-order valence-electron chi connectivity index (χ2n) is 6.24. The molecule has 3 nitrogen and oxygen atoms in total. The van der Waals surface area contributed by atoms with Gasteiger partial charge in [-0.1, -0.05) is 44.2 Å². The number of aryl methyl sites for hydroxylation is 1. The fourth-order valence-electron chi connectivity index (χ4n) is 2.96. The van der Waals surface area contributed by atoms with Gasteiger partial charge in [-0.05, 0) is 29.2 Å². The molecule has 0 aliphatic carbocycles. The predicted octanol–water partition coefficient (Wildman–Crippen LogP) is 4.33. The number of hydrogen-bond acceptors (Lipinski definition) is 1. The largest absolute Gasteiger partial charge is 0.355 e. The second kappa shape index (κ2) is 5.92. The van der Waals surface area contributed by atoms with Crippen molar-refractivity contribution in [1.29, 1.82) is 0 Å². The number of hydrogen-bond donors (Lipinski definition) is 1. The van der Waals surface area contributed by atoms with Crippen LogP contribution in [0, 0.1) is 0 Å². The zero-order chi connectivity index (χ0) is 16.6. The van der Waals surface area contributed by atoms with Crippen LogP contribution in [-0.2, 0) is 7.05 Å². The van der Waals surface area contributed by atoms with E-state index in [1.54, 1.807) is 7.05 Å². The van der Waals surface area contributed by atoms with Crippen molar-refractivity contribution in [3.05, 3.63) is 59.8 Å². The summed E-state index contributed by atoms with van der Waals surface area (Å²) in [4.78, 5) is 11.8. The van der Waals surface area contributed by atoms with Gasteiger partial charge in [-0.15, -0.1) is 0 Å². The fourth-order valence-corrected chi connectivity index (χ4v) is 2.96. The van der Waals surface area contributed by atoms with Crippen LogP contribution in [0.15, 0.2) is 48.7 Å². The summed E-state index contributed by atoms with van der Waals surface area (Å²) in [7, 11) is 3.67. The van der Waals surface area contributed by atoms with Crippen LogP contribution < -0.4 is 5.32 Å². The molecule has 118 valence electrons. The van der Waals surface area contributed by atoms with Crippen LogP contribution in [0.25, 0.3) is 22.0 Å². The average Bonchev–Trinajstić information content (AvgIpc) is 2.90. The molecular formula is C20H22N2O. The Morgan fingerprint density at radius 2 is 1.91 bits per heavy atom. The molecule has 0 unspecified atom stereocenters. The number of carbonyl (C=O) groups is 1. The van der Waals surface area contributed by atoms with Crippen molar-refractivity contribution < 1.29 is 4.79 Å². The molecule has 0 bridgehead atoms. The molecule has 23 heavy (non-hydrogen) atoms. The summed E-state index contributed by atoms with van der Waals surface area (Å²) in [5.74, 6) is 0.446. The number of nitrogens with one attached hydrogen (secondary N) is 1. The van der Waals surface area contributed by atoms with Crippen molar-refractivity contribution in [2.75, 3.05) is 7.05 Å². The maximum absolute atomic E-state index is 11.8. The van der Waals surface area contributed by atoms with E-state index in [1.807, 2.05) is 25.2 Å². The summed E-state index contributed by atoms with van der Waals surface area (Å²) in [6.07, 6.45) is 2.14. The van der Waals surface area contributed by atoms with E-state index in [0.29, 0.717) is 11.5 Å². The highest BCUT2D eigenvalue weighted by Crippen LogP contribution is 2.32. The summed E-state index contributed by atoms with van der Waals surface area (Å²) in [5.41, 5.74) is 5.50. The number of rotatable bonds is 3. The summed E-state index contributed by atoms with van der Waals surface area (Å²) >= 11 is 0. The minimum Gasteiger partial charge on any atom is -0.355 e. The molecule has 0 saturated carbocycles. The van der Waals surface area contributed by atoms with Gasteiger partial charge in [-0.25, -0.2) is 0 Å². The Labute approximate surface area is 136 Å². The molecule has 0 aliphatic rings. The maximum atomic E-state index is 11.8. The van der Waals surface area contributed by atoms with Gasteiger partial charge in [0.1, 0.15) is 0 Å². The van der Waals surface area contributed by atoms with Crippen molar-refractivity contribution in [2.45, 2.75) is 19.8 Å². The van der Waals surface area contributed by atoms with E-state index in [4.69, 9.17) is 0 Å². The van der Waals surface area contributed by atoms with Crippen LogP contribution >= 0.6 is 0 Å². The highest BCUT2D eigenvalue weighted by molar-refractivity contribution is 6.02. The lowest BCUT2D eigenvalue weighted by Crippen LogP contribution is -2.17.